The number of pyridine rings is 1. The first-order valence-corrected chi connectivity index (χ1v) is 7.98. The number of aromatic nitrogens is 1. The summed E-state index contributed by atoms with van der Waals surface area (Å²) >= 11 is 0. The van der Waals surface area contributed by atoms with Gasteiger partial charge in [0.1, 0.15) is 11.9 Å². The molecule has 0 saturated heterocycles. The molecular formula is C18H21NO2. The molecule has 1 heterocycles. The summed E-state index contributed by atoms with van der Waals surface area (Å²) in [6.07, 6.45) is 8.46. The molecule has 2 saturated carbocycles. The van der Waals surface area contributed by atoms with E-state index in [0.717, 1.165) is 35.9 Å². The number of hydrogen-bond donors (Lipinski definition) is 1. The Balaban J connectivity index is 1.63. The minimum atomic E-state index is -0.184. The number of nitrogens with zero attached hydrogens (tertiary/aromatic N) is 1. The van der Waals surface area contributed by atoms with E-state index in [1.165, 1.54) is 19.3 Å². The summed E-state index contributed by atoms with van der Waals surface area (Å²) < 4.78 is 6.33. The highest BCUT2D eigenvalue weighted by atomic mass is 16.5. The van der Waals surface area contributed by atoms with E-state index in [9.17, 15) is 5.11 Å². The molecule has 2 aliphatic rings. The smallest absolute Gasteiger partial charge is 0.129 e. The number of benzene rings is 1. The Morgan fingerprint density at radius 3 is 2.76 bits per heavy atom. The highest BCUT2D eigenvalue weighted by Gasteiger charge is 2.56. The normalized spacial score (nSPS) is 27.5. The number of aliphatic hydroxyl groups excluding tert-OH is 1. The predicted molar refractivity (Wildman–Crippen MR) is 82.3 cm³/mol. The van der Waals surface area contributed by atoms with Crippen molar-refractivity contribution in [1.29, 1.82) is 0 Å². The minimum Gasteiger partial charge on any atom is -0.489 e. The molecule has 0 radical (unpaired) electrons. The number of fused-ring (bicyclic) bond motifs is 1. The van der Waals surface area contributed by atoms with Gasteiger partial charge in [0.2, 0.25) is 0 Å². The summed E-state index contributed by atoms with van der Waals surface area (Å²) in [4.78, 5) is 4.38. The van der Waals surface area contributed by atoms with Crippen molar-refractivity contribution in [2.45, 2.75) is 50.7 Å². The zero-order valence-electron chi connectivity index (χ0n) is 12.2. The third kappa shape index (κ3) is 2.03. The molecule has 2 aliphatic carbocycles. The topological polar surface area (TPSA) is 42.4 Å². The van der Waals surface area contributed by atoms with E-state index >= 15 is 0 Å². The number of aliphatic hydroxyl groups is 1. The standard InChI is InChI=1S/C18H21NO2/c20-16-12-17(18(16)9-2-1-3-10-18)21-15-8-4-7-14-13(15)6-5-11-19-14/h4-8,11,16-17,20H,1-3,9-10,12H2. The highest BCUT2D eigenvalue weighted by molar-refractivity contribution is 5.84. The van der Waals surface area contributed by atoms with Crippen molar-refractivity contribution in [3.05, 3.63) is 36.5 Å². The molecular weight excluding hydrogens is 262 g/mol. The average Bonchev–Trinajstić information content (AvgIpc) is 2.55. The first-order valence-electron chi connectivity index (χ1n) is 7.98. The lowest BCUT2D eigenvalue weighted by Crippen LogP contribution is -2.60. The number of ether oxygens (including phenoxy) is 1. The van der Waals surface area contributed by atoms with Crippen LogP contribution in [0.4, 0.5) is 0 Å². The SMILES string of the molecule is OC1CC(Oc2cccc3ncccc23)C12CCCCC2. The van der Waals surface area contributed by atoms with E-state index < -0.39 is 0 Å². The van der Waals surface area contributed by atoms with E-state index in [1.807, 2.05) is 30.5 Å². The van der Waals surface area contributed by atoms with Crippen LogP contribution in [0.1, 0.15) is 38.5 Å². The minimum absolute atomic E-state index is 0.00260. The van der Waals surface area contributed by atoms with E-state index in [1.54, 1.807) is 0 Å². The van der Waals surface area contributed by atoms with Crippen molar-refractivity contribution in [1.82, 2.24) is 4.98 Å². The van der Waals surface area contributed by atoms with E-state index in [2.05, 4.69) is 11.1 Å². The molecule has 2 aromatic rings. The average molecular weight is 283 g/mol. The summed E-state index contributed by atoms with van der Waals surface area (Å²) in [5, 5.41) is 11.4. The largest absolute Gasteiger partial charge is 0.489 e. The molecule has 0 amide bonds. The molecule has 110 valence electrons. The van der Waals surface area contributed by atoms with Gasteiger partial charge in [0.25, 0.3) is 0 Å². The summed E-state index contributed by atoms with van der Waals surface area (Å²) in [7, 11) is 0. The van der Waals surface area contributed by atoms with E-state index in [-0.39, 0.29) is 17.6 Å². The first kappa shape index (κ1) is 13.1. The monoisotopic (exact) mass is 283 g/mol. The van der Waals surface area contributed by atoms with Gasteiger partial charge in [0.15, 0.2) is 0 Å². The molecule has 2 atom stereocenters. The third-order valence-corrected chi connectivity index (χ3v) is 5.40. The van der Waals surface area contributed by atoms with Crippen LogP contribution >= 0.6 is 0 Å². The molecule has 2 fully saturated rings. The molecule has 3 heteroatoms. The highest BCUT2D eigenvalue weighted by Crippen LogP contribution is 2.53. The lowest BCUT2D eigenvalue weighted by Gasteiger charge is -2.55. The van der Waals surface area contributed by atoms with Gasteiger partial charge in [-0.1, -0.05) is 25.3 Å². The lowest BCUT2D eigenvalue weighted by molar-refractivity contribution is -0.171. The van der Waals surface area contributed by atoms with Gasteiger partial charge in [-0.15, -0.1) is 0 Å². The molecule has 0 bridgehead atoms. The van der Waals surface area contributed by atoms with Crippen LogP contribution in [0.25, 0.3) is 10.9 Å². The van der Waals surface area contributed by atoms with E-state index in [0.29, 0.717) is 0 Å². The fourth-order valence-corrected chi connectivity index (χ4v) is 4.09. The van der Waals surface area contributed by atoms with Gasteiger partial charge < -0.3 is 9.84 Å². The van der Waals surface area contributed by atoms with Crippen molar-refractivity contribution in [3.8, 4) is 5.75 Å². The number of rotatable bonds is 2. The van der Waals surface area contributed by atoms with E-state index in [4.69, 9.17) is 4.74 Å². The molecule has 21 heavy (non-hydrogen) atoms. The maximum atomic E-state index is 10.3. The van der Waals surface area contributed by atoms with Gasteiger partial charge in [-0.2, -0.15) is 0 Å². The fraction of sp³-hybridized carbons (Fsp3) is 0.500. The van der Waals surface area contributed by atoms with Crippen LogP contribution in [-0.4, -0.2) is 22.3 Å². The molecule has 1 N–H and O–H groups in total. The molecule has 0 aliphatic heterocycles. The number of hydrogen-bond acceptors (Lipinski definition) is 3. The predicted octanol–water partition coefficient (Wildman–Crippen LogP) is 3.70. The van der Waals surface area contributed by atoms with Crippen LogP contribution in [0, 0.1) is 5.41 Å². The summed E-state index contributed by atoms with van der Waals surface area (Å²) in [6.45, 7) is 0. The quantitative estimate of drug-likeness (QED) is 0.914. The zero-order valence-corrected chi connectivity index (χ0v) is 12.2. The van der Waals surface area contributed by atoms with Crippen LogP contribution in [0.15, 0.2) is 36.5 Å². The second kappa shape index (κ2) is 4.99. The molecule has 1 spiro atoms. The Morgan fingerprint density at radius 2 is 1.95 bits per heavy atom. The maximum absolute atomic E-state index is 10.3. The van der Waals surface area contributed by atoms with Gasteiger partial charge in [-0.25, -0.2) is 0 Å². The van der Waals surface area contributed by atoms with Crippen molar-refractivity contribution >= 4 is 10.9 Å². The van der Waals surface area contributed by atoms with Crippen LogP contribution in [-0.2, 0) is 0 Å². The molecule has 3 nitrogen and oxygen atoms in total. The Kier molecular flexibility index (Phi) is 3.11. The summed E-state index contributed by atoms with van der Waals surface area (Å²) in [6, 6.07) is 10.0. The van der Waals surface area contributed by atoms with Crippen molar-refractivity contribution < 1.29 is 9.84 Å². The summed E-state index contributed by atoms with van der Waals surface area (Å²) in [5.41, 5.74) is 0.968. The van der Waals surface area contributed by atoms with Crippen molar-refractivity contribution in [3.63, 3.8) is 0 Å². The van der Waals surface area contributed by atoms with Crippen LogP contribution < -0.4 is 4.74 Å². The van der Waals surface area contributed by atoms with Gasteiger partial charge in [0, 0.05) is 23.4 Å². The van der Waals surface area contributed by atoms with Crippen LogP contribution in [0.5, 0.6) is 5.75 Å². The van der Waals surface area contributed by atoms with Crippen molar-refractivity contribution in [2.24, 2.45) is 5.41 Å². The van der Waals surface area contributed by atoms with Crippen molar-refractivity contribution in [2.75, 3.05) is 0 Å². The molecule has 4 rings (SSSR count). The van der Waals surface area contributed by atoms with Crippen LogP contribution in [0.2, 0.25) is 0 Å². The third-order valence-electron chi connectivity index (χ3n) is 5.40. The van der Waals surface area contributed by atoms with Gasteiger partial charge in [-0.3, -0.25) is 4.98 Å². The maximum Gasteiger partial charge on any atom is 0.129 e. The Labute approximate surface area is 125 Å². The fourth-order valence-electron chi connectivity index (χ4n) is 4.09. The molecule has 2 unspecified atom stereocenters. The second-order valence-electron chi connectivity index (χ2n) is 6.48. The van der Waals surface area contributed by atoms with Gasteiger partial charge >= 0.3 is 0 Å². The van der Waals surface area contributed by atoms with Gasteiger partial charge in [0.05, 0.1) is 11.6 Å². The Hall–Kier alpha value is -1.61. The lowest BCUT2D eigenvalue weighted by atomic mass is 9.56. The van der Waals surface area contributed by atoms with Crippen LogP contribution in [0.3, 0.4) is 0 Å². The summed E-state index contributed by atoms with van der Waals surface area (Å²) in [5.74, 6) is 0.905. The van der Waals surface area contributed by atoms with Gasteiger partial charge in [-0.05, 0) is 37.1 Å². The molecule has 1 aromatic heterocycles. The second-order valence-corrected chi connectivity index (χ2v) is 6.48. The zero-order chi connectivity index (χ0) is 14.3. The Morgan fingerprint density at radius 1 is 1.10 bits per heavy atom. The Bertz CT molecular complexity index is 643. The first-order chi connectivity index (χ1) is 10.3. The molecule has 1 aromatic carbocycles.